The van der Waals surface area contributed by atoms with Gasteiger partial charge in [-0.25, -0.2) is 4.79 Å². The fraction of sp³-hybridized carbons (Fsp3) is 0.381. The van der Waals surface area contributed by atoms with Crippen molar-refractivity contribution in [2.75, 3.05) is 18.4 Å². The Kier molecular flexibility index (Phi) is 5.59. The third-order valence-electron chi connectivity index (χ3n) is 4.95. The van der Waals surface area contributed by atoms with Gasteiger partial charge in [-0.2, -0.15) is 0 Å². The lowest BCUT2D eigenvalue weighted by molar-refractivity contribution is 0.180. The van der Waals surface area contributed by atoms with E-state index in [1.807, 2.05) is 48.2 Å². The van der Waals surface area contributed by atoms with Gasteiger partial charge < -0.3 is 15.3 Å². The summed E-state index contributed by atoms with van der Waals surface area (Å²) in [6.45, 7) is 3.66. The van der Waals surface area contributed by atoms with E-state index in [1.165, 1.54) is 5.56 Å². The number of anilines is 1. The largest absolute Gasteiger partial charge is 0.508 e. The highest BCUT2D eigenvalue weighted by atomic mass is 16.3. The van der Waals surface area contributed by atoms with Crippen LogP contribution in [-0.2, 0) is 6.42 Å². The molecule has 1 aliphatic rings. The van der Waals surface area contributed by atoms with Crippen LogP contribution in [0.2, 0.25) is 0 Å². The lowest BCUT2D eigenvalue weighted by Crippen LogP contribution is -2.41. The van der Waals surface area contributed by atoms with Crippen molar-refractivity contribution in [2.45, 2.75) is 32.6 Å². The molecule has 2 amide bonds. The van der Waals surface area contributed by atoms with Crippen LogP contribution in [0.1, 0.15) is 30.4 Å². The van der Waals surface area contributed by atoms with Crippen molar-refractivity contribution in [1.82, 2.24) is 4.90 Å². The number of amides is 2. The van der Waals surface area contributed by atoms with Crippen LogP contribution in [0.5, 0.6) is 5.75 Å². The number of aryl methyl sites for hydroxylation is 2. The molecule has 0 saturated carbocycles. The summed E-state index contributed by atoms with van der Waals surface area (Å²) in [6.07, 6.45) is 4.27. The van der Waals surface area contributed by atoms with Crippen molar-refractivity contribution in [3.63, 3.8) is 0 Å². The van der Waals surface area contributed by atoms with E-state index >= 15 is 0 Å². The van der Waals surface area contributed by atoms with Crippen molar-refractivity contribution in [2.24, 2.45) is 5.92 Å². The monoisotopic (exact) mass is 338 g/mol. The van der Waals surface area contributed by atoms with Crippen LogP contribution in [0.4, 0.5) is 10.5 Å². The molecular formula is C21H26N2O2. The van der Waals surface area contributed by atoms with E-state index in [0.29, 0.717) is 11.7 Å². The summed E-state index contributed by atoms with van der Waals surface area (Å²) in [7, 11) is 0. The fourth-order valence-electron chi connectivity index (χ4n) is 3.38. The number of nitrogens with one attached hydrogen (secondary N) is 1. The first-order valence-corrected chi connectivity index (χ1v) is 9.00. The van der Waals surface area contributed by atoms with Gasteiger partial charge in [-0.15, -0.1) is 0 Å². The van der Waals surface area contributed by atoms with Crippen LogP contribution in [0.15, 0.2) is 48.5 Å². The predicted octanol–water partition coefficient (Wildman–Crippen LogP) is 4.58. The summed E-state index contributed by atoms with van der Waals surface area (Å²) >= 11 is 0. The summed E-state index contributed by atoms with van der Waals surface area (Å²) in [5, 5.41) is 12.3. The number of likely N-dealkylation sites (tertiary alicyclic amines) is 1. The standard InChI is InChI=1S/C21H26N2O2/c1-16-3-2-4-19(15-16)22-21(25)23-13-11-18(12-14-23)6-5-17-7-9-20(24)10-8-17/h2-4,7-10,15,18,24H,5-6,11-14H2,1H3,(H,22,25). The van der Waals surface area contributed by atoms with Crippen LogP contribution in [-0.4, -0.2) is 29.1 Å². The molecule has 0 radical (unpaired) electrons. The van der Waals surface area contributed by atoms with Crippen molar-refractivity contribution < 1.29 is 9.90 Å². The third kappa shape index (κ3) is 4.99. The van der Waals surface area contributed by atoms with Gasteiger partial charge in [0.2, 0.25) is 0 Å². The van der Waals surface area contributed by atoms with E-state index in [4.69, 9.17) is 0 Å². The maximum atomic E-state index is 12.4. The SMILES string of the molecule is Cc1cccc(NC(=O)N2CCC(CCc3ccc(O)cc3)CC2)c1. The molecule has 0 aromatic heterocycles. The smallest absolute Gasteiger partial charge is 0.321 e. The number of phenols is 1. The van der Waals surface area contributed by atoms with Gasteiger partial charge in [0, 0.05) is 18.8 Å². The van der Waals surface area contributed by atoms with Crippen LogP contribution < -0.4 is 5.32 Å². The zero-order valence-corrected chi connectivity index (χ0v) is 14.7. The molecule has 1 aliphatic heterocycles. The number of nitrogens with zero attached hydrogens (tertiary/aromatic N) is 1. The molecule has 132 valence electrons. The number of piperidine rings is 1. The molecule has 4 nitrogen and oxygen atoms in total. The Labute approximate surface area is 149 Å². The second-order valence-corrected chi connectivity index (χ2v) is 6.94. The van der Waals surface area contributed by atoms with Gasteiger partial charge in [0.25, 0.3) is 0 Å². The van der Waals surface area contributed by atoms with E-state index in [-0.39, 0.29) is 6.03 Å². The first kappa shape index (κ1) is 17.3. The maximum absolute atomic E-state index is 12.4. The van der Waals surface area contributed by atoms with Gasteiger partial charge in [-0.05, 0) is 73.9 Å². The fourth-order valence-corrected chi connectivity index (χ4v) is 3.38. The molecule has 1 fully saturated rings. The minimum Gasteiger partial charge on any atom is -0.508 e. The lowest BCUT2D eigenvalue weighted by Gasteiger charge is -2.32. The summed E-state index contributed by atoms with van der Waals surface area (Å²) in [5.41, 5.74) is 3.27. The zero-order chi connectivity index (χ0) is 17.6. The molecule has 0 atom stereocenters. The molecule has 0 aliphatic carbocycles. The number of benzene rings is 2. The van der Waals surface area contributed by atoms with Gasteiger partial charge in [0.1, 0.15) is 5.75 Å². The molecule has 0 bridgehead atoms. The van der Waals surface area contributed by atoms with E-state index in [1.54, 1.807) is 12.1 Å². The zero-order valence-electron chi connectivity index (χ0n) is 14.7. The second kappa shape index (κ2) is 8.06. The van der Waals surface area contributed by atoms with Crippen molar-refractivity contribution in [1.29, 1.82) is 0 Å². The molecule has 25 heavy (non-hydrogen) atoms. The van der Waals surface area contributed by atoms with Crippen molar-refractivity contribution in [3.8, 4) is 5.75 Å². The van der Waals surface area contributed by atoms with Crippen molar-refractivity contribution in [3.05, 3.63) is 59.7 Å². The quantitative estimate of drug-likeness (QED) is 0.857. The van der Waals surface area contributed by atoms with Gasteiger partial charge in [0.05, 0.1) is 0 Å². The summed E-state index contributed by atoms with van der Waals surface area (Å²) in [5.74, 6) is 0.980. The number of hydrogen-bond donors (Lipinski definition) is 2. The number of rotatable bonds is 4. The molecule has 2 aromatic carbocycles. The second-order valence-electron chi connectivity index (χ2n) is 6.94. The Morgan fingerprint density at radius 3 is 2.56 bits per heavy atom. The molecule has 1 saturated heterocycles. The number of aromatic hydroxyl groups is 1. The van der Waals surface area contributed by atoms with Gasteiger partial charge in [-0.1, -0.05) is 24.3 Å². The molecule has 4 heteroatoms. The third-order valence-corrected chi connectivity index (χ3v) is 4.95. The number of phenolic OH excluding ortho intramolecular Hbond substituents is 1. The first-order chi connectivity index (χ1) is 12.1. The number of urea groups is 1. The van der Waals surface area contributed by atoms with Crippen LogP contribution >= 0.6 is 0 Å². The molecule has 0 spiro atoms. The minimum atomic E-state index is 0.00239. The maximum Gasteiger partial charge on any atom is 0.321 e. The molecular weight excluding hydrogens is 312 g/mol. The topological polar surface area (TPSA) is 52.6 Å². The number of carbonyl (C=O) groups excluding carboxylic acids is 1. The first-order valence-electron chi connectivity index (χ1n) is 9.00. The van der Waals surface area contributed by atoms with Gasteiger partial charge in [-0.3, -0.25) is 0 Å². The van der Waals surface area contributed by atoms with E-state index in [9.17, 15) is 9.90 Å². The normalized spacial score (nSPS) is 15.2. The van der Waals surface area contributed by atoms with Crippen LogP contribution in [0.3, 0.4) is 0 Å². The summed E-state index contributed by atoms with van der Waals surface area (Å²) < 4.78 is 0. The number of hydrogen-bond acceptors (Lipinski definition) is 2. The Hall–Kier alpha value is -2.49. The van der Waals surface area contributed by atoms with Crippen molar-refractivity contribution >= 4 is 11.7 Å². The Bertz CT molecular complexity index is 704. The van der Waals surface area contributed by atoms with E-state index < -0.39 is 0 Å². The highest BCUT2D eigenvalue weighted by molar-refractivity contribution is 5.89. The number of carbonyl (C=O) groups is 1. The predicted molar refractivity (Wildman–Crippen MR) is 101 cm³/mol. The Morgan fingerprint density at radius 1 is 1.16 bits per heavy atom. The highest BCUT2D eigenvalue weighted by Gasteiger charge is 2.22. The summed E-state index contributed by atoms with van der Waals surface area (Å²) in [4.78, 5) is 14.3. The molecule has 2 N–H and O–H groups in total. The van der Waals surface area contributed by atoms with Gasteiger partial charge >= 0.3 is 6.03 Å². The van der Waals surface area contributed by atoms with Crippen LogP contribution in [0, 0.1) is 12.8 Å². The Balaban J connectivity index is 1.43. The van der Waals surface area contributed by atoms with E-state index in [0.717, 1.165) is 50.0 Å². The Morgan fingerprint density at radius 2 is 1.88 bits per heavy atom. The van der Waals surface area contributed by atoms with Gasteiger partial charge in [0.15, 0.2) is 0 Å². The lowest BCUT2D eigenvalue weighted by atomic mass is 9.90. The van der Waals surface area contributed by atoms with E-state index in [2.05, 4.69) is 5.32 Å². The van der Waals surface area contributed by atoms with Crippen LogP contribution in [0.25, 0.3) is 0 Å². The average molecular weight is 338 g/mol. The highest BCUT2D eigenvalue weighted by Crippen LogP contribution is 2.23. The molecule has 3 rings (SSSR count). The molecule has 0 unspecified atom stereocenters. The summed E-state index contributed by atoms with van der Waals surface area (Å²) in [6, 6.07) is 15.4. The molecule has 2 aromatic rings. The average Bonchev–Trinajstić information content (AvgIpc) is 2.62. The molecule has 1 heterocycles. The minimum absolute atomic E-state index is 0.00239.